The van der Waals surface area contributed by atoms with Crippen molar-refractivity contribution in [3.63, 3.8) is 0 Å². The van der Waals surface area contributed by atoms with Gasteiger partial charge in [0.1, 0.15) is 5.60 Å². The number of likely N-dealkylation sites (N-methyl/N-ethyl adjacent to an activating group) is 1. The smallest absolute Gasteiger partial charge is 0.314 e. The topological polar surface area (TPSA) is 64.6 Å². The average Bonchev–Trinajstić information content (AvgIpc) is 3.06. The zero-order valence-electron chi connectivity index (χ0n) is 13.5. The predicted octanol–water partition coefficient (Wildman–Crippen LogP) is 2.13. The number of aliphatic hydroxyl groups is 1. The maximum Gasteiger partial charge on any atom is 0.314 e. The summed E-state index contributed by atoms with van der Waals surface area (Å²) in [6.45, 7) is 6.91. The van der Waals surface area contributed by atoms with Crippen molar-refractivity contribution < 1.29 is 9.90 Å². The van der Waals surface area contributed by atoms with Gasteiger partial charge in [-0.15, -0.1) is 11.3 Å². The number of nitrogens with one attached hydrogen (secondary N) is 2. The second-order valence-corrected chi connectivity index (χ2v) is 7.04. The molecule has 5 nitrogen and oxygen atoms in total. The summed E-state index contributed by atoms with van der Waals surface area (Å²) in [6.07, 6.45) is 3.62. The Morgan fingerprint density at radius 1 is 1.50 bits per heavy atom. The lowest BCUT2D eigenvalue weighted by molar-refractivity contribution is 0.0629. The molecule has 2 unspecified atom stereocenters. The van der Waals surface area contributed by atoms with Crippen molar-refractivity contribution >= 4 is 17.4 Å². The van der Waals surface area contributed by atoms with Crippen LogP contribution in [0.5, 0.6) is 0 Å². The Bertz CT molecular complexity index is 462. The van der Waals surface area contributed by atoms with E-state index in [1.165, 1.54) is 24.2 Å². The van der Waals surface area contributed by atoms with Gasteiger partial charge in [-0.05, 0) is 44.3 Å². The molecule has 0 saturated carbocycles. The van der Waals surface area contributed by atoms with Gasteiger partial charge >= 0.3 is 6.03 Å². The third kappa shape index (κ3) is 4.69. The Hall–Kier alpha value is -1.11. The standard InChI is InChI=1S/C16H27N3O2S/c1-3-19-9-5-4-7-13(19)11-17-15(20)18-12-16(2,21)14-8-6-10-22-14/h6,8,10,13,21H,3-5,7,9,11-12H2,1-2H3,(H2,17,18,20). The van der Waals surface area contributed by atoms with Gasteiger partial charge in [-0.1, -0.05) is 19.4 Å². The van der Waals surface area contributed by atoms with Crippen LogP contribution in [-0.4, -0.2) is 48.3 Å². The summed E-state index contributed by atoms with van der Waals surface area (Å²) in [5.41, 5.74) is -1.02. The number of hydrogen-bond donors (Lipinski definition) is 3. The highest BCUT2D eigenvalue weighted by Gasteiger charge is 2.25. The molecule has 1 aromatic rings. The first-order chi connectivity index (χ1) is 10.5. The monoisotopic (exact) mass is 325 g/mol. The molecule has 2 rings (SSSR count). The lowest BCUT2D eigenvalue weighted by Crippen LogP contribution is -2.50. The van der Waals surface area contributed by atoms with Crippen molar-refractivity contribution in [3.05, 3.63) is 22.4 Å². The molecule has 124 valence electrons. The van der Waals surface area contributed by atoms with Gasteiger partial charge in [-0.2, -0.15) is 0 Å². The SMILES string of the molecule is CCN1CCCCC1CNC(=O)NCC(C)(O)c1cccs1. The highest BCUT2D eigenvalue weighted by Crippen LogP contribution is 2.24. The van der Waals surface area contributed by atoms with Crippen molar-refractivity contribution in [3.8, 4) is 0 Å². The molecule has 1 aromatic heterocycles. The molecule has 22 heavy (non-hydrogen) atoms. The fourth-order valence-electron chi connectivity index (χ4n) is 2.91. The molecule has 1 saturated heterocycles. The first-order valence-electron chi connectivity index (χ1n) is 8.05. The van der Waals surface area contributed by atoms with E-state index in [1.807, 2.05) is 17.5 Å². The van der Waals surface area contributed by atoms with Gasteiger partial charge in [-0.3, -0.25) is 4.90 Å². The van der Waals surface area contributed by atoms with Crippen LogP contribution >= 0.6 is 11.3 Å². The number of amides is 2. The molecule has 1 aliphatic rings. The highest BCUT2D eigenvalue weighted by molar-refractivity contribution is 7.10. The molecule has 2 amide bonds. The average molecular weight is 325 g/mol. The molecule has 1 fully saturated rings. The predicted molar refractivity (Wildman–Crippen MR) is 90.2 cm³/mol. The zero-order valence-corrected chi connectivity index (χ0v) is 14.3. The van der Waals surface area contributed by atoms with Crippen LogP contribution < -0.4 is 10.6 Å². The summed E-state index contributed by atoms with van der Waals surface area (Å²) in [7, 11) is 0. The molecule has 1 aliphatic heterocycles. The molecular formula is C16H27N3O2S. The van der Waals surface area contributed by atoms with E-state index < -0.39 is 5.60 Å². The van der Waals surface area contributed by atoms with Crippen LogP contribution in [0.2, 0.25) is 0 Å². The zero-order chi connectivity index (χ0) is 16.0. The molecule has 0 aliphatic carbocycles. The number of piperidine rings is 1. The minimum Gasteiger partial charge on any atom is -0.383 e. The minimum absolute atomic E-state index is 0.210. The fraction of sp³-hybridized carbons (Fsp3) is 0.688. The molecule has 0 aromatic carbocycles. The number of hydrogen-bond acceptors (Lipinski definition) is 4. The largest absolute Gasteiger partial charge is 0.383 e. The van der Waals surface area contributed by atoms with Gasteiger partial charge in [0, 0.05) is 17.5 Å². The summed E-state index contributed by atoms with van der Waals surface area (Å²) >= 11 is 1.49. The summed E-state index contributed by atoms with van der Waals surface area (Å²) in [6, 6.07) is 4.00. The number of carbonyl (C=O) groups is 1. The quantitative estimate of drug-likeness (QED) is 0.751. The molecule has 0 radical (unpaired) electrons. The maximum absolute atomic E-state index is 11.9. The molecule has 6 heteroatoms. The van der Waals surface area contributed by atoms with E-state index in [0.29, 0.717) is 12.6 Å². The number of likely N-dealkylation sites (tertiary alicyclic amines) is 1. The second kappa shape index (κ2) is 7.94. The Morgan fingerprint density at radius 2 is 2.32 bits per heavy atom. The lowest BCUT2D eigenvalue weighted by atomic mass is 10.0. The summed E-state index contributed by atoms with van der Waals surface area (Å²) in [5.74, 6) is 0. The fourth-order valence-corrected chi connectivity index (χ4v) is 3.69. The van der Waals surface area contributed by atoms with E-state index in [-0.39, 0.29) is 12.6 Å². The number of rotatable bonds is 6. The lowest BCUT2D eigenvalue weighted by Gasteiger charge is -2.35. The number of nitrogens with zero attached hydrogens (tertiary/aromatic N) is 1. The Labute approximate surface area is 136 Å². The van der Waals surface area contributed by atoms with Crippen molar-refractivity contribution in [2.24, 2.45) is 0 Å². The van der Waals surface area contributed by atoms with Gasteiger partial charge in [0.2, 0.25) is 0 Å². The summed E-state index contributed by atoms with van der Waals surface area (Å²) in [4.78, 5) is 15.2. The number of thiophene rings is 1. The number of carbonyl (C=O) groups excluding carboxylic acids is 1. The van der Waals surface area contributed by atoms with Gasteiger partial charge in [0.05, 0.1) is 6.54 Å². The van der Waals surface area contributed by atoms with E-state index in [0.717, 1.165) is 24.4 Å². The van der Waals surface area contributed by atoms with Gasteiger partial charge in [0.15, 0.2) is 0 Å². The van der Waals surface area contributed by atoms with E-state index in [9.17, 15) is 9.90 Å². The molecule has 0 spiro atoms. The van der Waals surface area contributed by atoms with Crippen molar-refractivity contribution in [1.82, 2.24) is 15.5 Å². The normalized spacial score (nSPS) is 22.0. The summed E-state index contributed by atoms with van der Waals surface area (Å²) < 4.78 is 0. The van der Waals surface area contributed by atoms with Crippen molar-refractivity contribution in [1.29, 1.82) is 0 Å². The maximum atomic E-state index is 11.9. The Kier molecular flexibility index (Phi) is 6.23. The van der Waals surface area contributed by atoms with Crippen LogP contribution in [0.25, 0.3) is 0 Å². The van der Waals surface area contributed by atoms with Gasteiger partial charge < -0.3 is 15.7 Å². The molecule has 2 heterocycles. The van der Waals surface area contributed by atoms with Crippen molar-refractivity contribution in [2.45, 2.75) is 44.8 Å². The van der Waals surface area contributed by atoms with Crippen LogP contribution in [0.4, 0.5) is 4.79 Å². The van der Waals surface area contributed by atoms with Crippen LogP contribution in [0.3, 0.4) is 0 Å². The first-order valence-corrected chi connectivity index (χ1v) is 8.93. The highest BCUT2D eigenvalue weighted by atomic mass is 32.1. The second-order valence-electron chi connectivity index (χ2n) is 6.09. The third-order valence-electron chi connectivity index (χ3n) is 4.30. The molecule has 3 N–H and O–H groups in total. The van der Waals surface area contributed by atoms with E-state index >= 15 is 0 Å². The number of urea groups is 1. The van der Waals surface area contributed by atoms with Gasteiger partial charge in [0.25, 0.3) is 0 Å². The van der Waals surface area contributed by atoms with E-state index in [4.69, 9.17) is 0 Å². The molecule has 0 bridgehead atoms. The Morgan fingerprint density at radius 3 is 3.00 bits per heavy atom. The van der Waals surface area contributed by atoms with E-state index in [1.54, 1.807) is 6.92 Å². The van der Waals surface area contributed by atoms with Crippen LogP contribution in [0, 0.1) is 0 Å². The Balaban J connectivity index is 1.74. The molecular weight excluding hydrogens is 298 g/mol. The van der Waals surface area contributed by atoms with Crippen LogP contribution in [0.15, 0.2) is 17.5 Å². The molecule has 2 atom stereocenters. The van der Waals surface area contributed by atoms with Crippen molar-refractivity contribution in [2.75, 3.05) is 26.2 Å². The first kappa shape index (κ1) is 17.2. The van der Waals surface area contributed by atoms with E-state index in [2.05, 4.69) is 22.5 Å². The van der Waals surface area contributed by atoms with Crippen LogP contribution in [-0.2, 0) is 5.60 Å². The third-order valence-corrected chi connectivity index (χ3v) is 5.42. The summed E-state index contributed by atoms with van der Waals surface area (Å²) in [5, 5.41) is 18.0. The van der Waals surface area contributed by atoms with Crippen LogP contribution in [0.1, 0.15) is 38.0 Å². The minimum atomic E-state index is -1.02. The van der Waals surface area contributed by atoms with Gasteiger partial charge in [-0.25, -0.2) is 4.79 Å².